The SMILES string of the molecule is CC[C@H](O)[C@@H](C)[C@H]1OC1C[C@@](C)(O)/C=C/C=C(\C)[C@H]1OC(=O)CC(O)CCC(C)[C@@H](OC(=O)N2CC[N+](C)(CCCCCCN3C(=O)C=CC3=O)CC2)/C=C/[C@@H]1C. The fourth-order valence-electron chi connectivity index (χ4n) is 8.11. The molecule has 0 aromatic carbocycles. The summed E-state index contributed by atoms with van der Waals surface area (Å²) in [4.78, 5) is 53.0. The van der Waals surface area contributed by atoms with Crippen molar-refractivity contribution in [2.24, 2.45) is 17.8 Å². The number of likely N-dealkylation sites (N-methyl/N-ethyl adjacent to an activating group) is 1. The first-order valence-corrected chi connectivity index (χ1v) is 21.2. The molecule has 13 heteroatoms. The summed E-state index contributed by atoms with van der Waals surface area (Å²) in [6, 6.07) is 0. The van der Waals surface area contributed by atoms with Gasteiger partial charge >= 0.3 is 12.1 Å². The Hall–Kier alpha value is -3.36. The molecular formula is C44H70N3O10+. The number of quaternary nitrogens is 1. The number of cyclic esters (lactones) is 1. The molecule has 0 saturated carbocycles. The van der Waals surface area contributed by atoms with Crippen LogP contribution in [0.2, 0.25) is 0 Å². The predicted octanol–water partition coefficient (Wildman–Crippen LogP) is 4.84. The van der Waals surface area contributed by atoms with Crippen LogP contribution < -0.4 is 0 Å². The summed E-state index contributed by atoms with van der Waals surface area (Å²) in [7, 11) is 2.22. The molecule has 0 bridgehead atoms. The number of aliphatic hydroxyl groups is 3. The number of carbonyl (C=O) groups is 4. The summed E-state index contributed by atoms with van der Waals surface area (Å²) >= 11 is 0. The molecule has 3 amide bonds. The van der Waals surface area contributed by atoms with Crippen LogP contribution in [0.25, 0.3) is 0 Å². The summed E-state index contributed by atoms with van der Waals surface area (Å²) in [5.41, 5.74) is -0.395. The van der Waals surface area contributed by atoms with E-state index in [4.69, 9.17) is 14.2 Å². The maximum atomic E-state index is 13.5. The highest BCUT2D eigenvalue weighted by molar-refractivity contribution is 6.12. The Morgan fingerprint density at radius 2 is 1.74 bits per heavy atom. The molecule has 4 heterocycles. The van der Waals surface area contributed by atoms with Crippen LogP contribution in [0.5, 0.6) is 0 Å². The van der Waals surface area contributed by atoms with E-state index in [1.165, 1.54) is 17.1 Å². The van der Waals surface area contributed by atoms with Gasteiger partial charge in [0.15, 0.2) is 0 Å². The van der Waals surface area contributed by atoms with E-state index < -0.39 is 36.0 Å². The van der Waals surface area contributed by atoms with E-state index >= 15 is 0 Å². The topological polar surface area (TPSA) is 166 Å². The van der Waals surface area contributed by atoms with Crippen LogP contribution in [0.3, 0.4) is 0 Å². The van der Waals surface area contributed by atoms with Crippen LogP contribution in [0.15, 0.2) is 48.1 Å². The van der Waals surface area contributed by atoms with Gasteiger partial charge in [-0.25, -0.2) is 4.79 Å². The van der Waals surface area contributed by atoms with Crippen molar-refractivity contribution in [3.63, 3.8) is 0 Å². The molecule has 4 rings (SSSR count). The first kappa shape index (κ1) is 46.3. The number of hydrogen-bond acceptors (Lipinski definition) is 10. The van der Waals surface area contributed by atoms with Crippen LogP contribution >= 0.6 is 0 Å². The Kier molecular flexibility index (Phi) is 17.1. The molecule has 3 N–H and O–H groups in total. The zero-order valence-corrected chi connectivity index (χ0v) is 35.4. The van der Waals surface area contributed by atoms with E-state index in [-0.39, 0.29) is 54.3 Å². The van der Waals surface area contributed by atoms with Crippen molar-refractivity contribution in [2.45, 2.75) is 142 Å². The van der Waals surface area contributed by atoms with Crippen LogP contribution in [-0.4, -0.2) is 142 Å². The third kappa shape index (κ3) is 14.2. The summed E-state index contributed by atoms with van der Waals surface area (Å²) in [6.07, 6.45) is 14.2. The van der Waals surface area contributed by atoms with Crippen molar-refractivity contribution in [3.8, 4) is 0 Å². The smallest absolute Gasteiger partial charge is 0.410 e. The minimum Gasteiger partial charge on any atom is -0.457 e. The maximum absolute atomic E-state index is 13.5. The lowest BCUT2D eigenvalue weighted by Crippen LogP contribution is -2.58. The summed E-state index contributed by atoms with van der Waals surface area (Å²) < 4.78 is 18.7. The lowest BCUT2D eigenvalue weighted by molar-refractivity contribution is -0.913. The van der Waals surface area contributed by atoms with Crippen molar-refractivity contribution in [3.05, 3.63) is 48.1 Å². The monoisotopic (exact) mass is 801 g/mol. The number of epoxide rings is 1. The Labute approximate surface area is 340 Å². The normalized spacial score (nSPS) is 31.3. The second kappa shape index (κ2) is 21.1. The fraction of sp³-hybridized carbons (Fsp3) is 0.727. The average Bonchev–Trinajstić information content (AvgIpc) is 3.84. The van der Waals surface area contributed by atoms with Gasteiger partial charge in [0, 0.05) is 37.0 Å². The molecule has 57 heavy (non-hydrogen) atoms. The summed E-state index contributed by atoms with van der Waals surface area (Å²) in [5.74, 6) is -1.35. The zero-order valence-electron chi connectivity index (χ0n) is 35.4. The number of ether oxygens (including phenoxy) is 3. The number of aliphatic hydroxyl groups excluding tert-OH is 2. The average molecular weight is 801 g/mol. The van der Waals surface area contributed by atoms with Gasteiger partial charge in [-0.15, -0.1) is 0 Å². The van der Waals surface area contributed by atoms with Crippen molar-refractivity contribution in [1.82, 2.24) is 9.80 Å². The van der Waals surface area contributed by atoms with E-state index in [0.717, 1.165) is 55.4 Å². The zero-order chi connectivity index (χ0) is 41.9. The Morgan fingerprint density at radius 1 is 1.07 bits per heavy atom. The lowest BCUT2D eigenvalue weighted by atomic mass is 9.91. The number of unbranched alkanes of at least 4 members (excludes halogenated alkanes) is 3. The van der Waals surface area contributed by atoms with Crippen LogP contribution in [0.4, 0.5) is 4.79 Å². The summed E-state index contributed by atoms with van der Waals surface area (Å²) in [5, 5.41) is 32.0. The number of rotatable bonds is 16. The number of nitrogens with zero attached hydrogens (tertiary/aromatic N) is 3. The van der Waals surface area contributed by atoms with Gasteiger partial charge < -0.3 is 34.0 Å². The highest BCUT2D eigenvalue weighted by Crippen LogP contribution is 2.37. The molecular weight excluding hydrogens is 730 g/mol. The molecule has 0 radical (unpaired) electrons. The maximum Gasteiger partial charge on any atom is 0.410 e. The lowest BCUT2D eigenvalue weighted by Gasteiger charge is -2.42. The highest BCUT2D eigenvalue weighted by atomic mass is 16.6. The van der Waals surface area contributed by atoms with Crippen LogP contribution in [0.1, 0.15) is 99.3 Å². The van der Waals surface area contributed by atoms with Gasteiger partial charge in [-0.3, -0.25) is 24.2 Å². The predicted molar refractivity (Wildman–Crippen MR) is 216 cm³/mol. The molecule has 3 unspecified atom stereocenters. The minimum atomic E-state index is -1.15. The Balaban J connectivity index is 1.30. The minimum absolute atomic E-state index is 0.00940. The molecule has 2 fully saturated rings. The van der Waals surface area contributed by atoms with Crippen LogP contribution in [0, 0.1) is 17.8 Å². The van der Waals surface area contributed by atoms with Crippen LogP contribution in [-0.2, 0) is 28.6 Å². The van der Waals surface area contributed by atoms with Gasteiger partial charge in [0.1, 0.15) is 12.2 Å². The van der Waals surface area contributed by atoms with E-state index in [9.17, 15) is 34.5 Å². The van der Waals surface area contributed by atoms with E-state index in [1.807, 2.05) is 52.8 Å². The van der Waals surface area contributed by atoms with Crippen molar-refractivity contribution >= 4 is 23.9 Å². The largest absolute Gasteiger partial charge is 0.457 e. The van der Waals surface area contributed by atoms with E-state index in [1.54, 1.807) is 24.0 Å². The number of carbonyl (C=O) groups excluding carboxylic acids is 4. The summed E-state index contributed by atoms with van der Waals surface area (Å²) in [6.45, 7) is 15.6. The first-order chi connectivity index (χ1) is 26.9. The van der Waals surface area contributed by atoms with Gasteiger partial charge in [0.25, 0.3) is 11.8 Å². The van der Waals surface area contributed by atoms with Crippen molar-refractivity contribution < 1.29 is 53.2 Å². The Bertz CT molecular complexity index is 1480. The van der Waals surface area contributed by atoms with E-state index in [2.05, 4.69) is 7.05 Å². The second-order valence-electron chi connectivity index (χ2n) is 17.6. The third-order valence-electron chi connectivity index (χ3n) is 12.3. The number of hydrogen-bond donors (Lipinski definition) is 3. The van der Waals surface area contributed by atoms with E-state index in [0.29, 0.717) is 45.3 Å². The standard InChI is InChI=1S/C44H70N3O10/c1-8-35(49)33(5)42-37(55-42)29-44(6,54)21-13-14-31(3)41-32(4)16-18-36(30(2)15-17-34(48)28-40(52)57-41)56-43(53)45-23-26-47(7,27-24-45)25-12-10-9-11-22-46-38(50)19-20-39(46)51/h13-14,16,18-21,30,32-37,41-42,48-49,54H,8-12,15,17,22-29H2,1-7H3/q+1/b18-16+,21-13+,31-14+/t30?,32-,33+,34?,35-,36-,37?,41+,42+,44-/m0/s1. The number of esters is 1. The van der Waals surface area contributed by atoms with Gasteiger partial charge in [0.2, 0.25) is 0 Å². The van der Waals surface area contributed by atoms with Gasteiger partial charge in [0.05, 0.1) is 76.2 Å². The molecule has 0 aromatic rings. The number of imide groups is 1. The highest BCUT2D eigenvalue weighted by Gasteiger charge is 2.47. The van der Waals surface area contributed by atoms with Crippen molar-refractivity contribution in [1.29, 1.82) is 0 Å². The first-order valence-electron chi connectivity index (χ1n) is 21.2. The molecule has 2 saturated heterocycles. The molecule has 13 nitrogen and oxygen atoms in total. The molecule has 10 atom stereocenters. The number of amides is 3. The fourth-order valence-corrected chi connectivity index (χ4v) is 8.11. The number of piperazine rings is 1. The molecule has 0 aromatic heterocycles. The number of allylic oxidation sites excluding steroid dienone is 2. The quantitative estimate of drug-likeness (QED) is 0.0374. The molecule has 0 spiro atoms. The molecule has 320 valence electrons. The second-order valence-corrected chi connectivity index (χ2v) is 17.6. The van der Waals surface area contributed by atoms with Gasteiger partial charge in [-0.2, -0.15) is 0 Å². The molecule has 4 aliphatic heterocycles. The molecule has 0 aliphatic carbocycles. The Morgan fingerprint density at radius 3 is 2.40 bits per heavy atom. The van der Waals surface area contributed by atoms with Gasteiger partial charge in [-0.05, 0) is 69.9 Å². The van der Waals surface area contributed by atoms with Gasteiger partial charge in [-0.1, -0.05) is 58.4 Å². The third-order valence-corrected chi connectivity index (χ3v) is 12.3. The van der Waals surface area contributed by atoms with Crippen molar-refractivity contribution in [2.75, 3.05) is 46.3 Å². The molecule has 4 aliphatic rings.